The number of aliphatic hydroxyl groups excluding tert-OH is 1. The first-order valence-corrected chi connectivity index (χ1v) is 16.3. The van der Waals surface area contributed by atoms with Crippen molar-refractivity contribution in [2.24, 2.45) is 5.92 Å². The summed E-state index contributed by atoms with van der Waals surface area (Å²) in [4.78, 5) is 27.2. The average molecular weight is 603 g/mol. The van der Waals surface area contributed by atoms with Gasteiger partial charge < -0.3 is 9.84 Å². The number of Topliss-reactive ketones (excluding diaryl/α,β-unsaturated/α-hetero) is 2. The first-order chi connectivity index (χ1) is 21.7. The minimum absolute atomic E-state index is 0.0326. The predicted molar refractivity (Wildman–Crippen MR) is 181 cm³/mol. The van der Waals surface area contributed by atoms with Gasteiger partial charge in [-0.1, -0.05) is 97.4 Å². The van der Waals surface area contributed by atoms with Crippen LogP contribution in [0.1, 0.15) is 93.5 Å². The minimum Gasteiger partial charge on any atom is -0.393 e. The minimum atomic E-state index is -0.658. The van der Waals surface area contributed by atoms with Gasteiger partial charge in [0, 0.05) is 36.0 Å². The molecule has 1 N–H and O–H groups in total. The van der Waals surface area contributed by atoms with Crippen molar-refractivity contribution in [2.45, 2.75) is 76.7 Å². The number of aryl methyl sites for hydroxylation is 2. The van der Waals surface area contributed by atoms with Crippen LogP contribution in [0.4, 0.5) is 0 Å². The van der Waals surface area contributed by atoms with E-state index < -0.39 is 6.10 Å². The molecule has 45 heavy (non-hydrogen) atoms. The van der Waals surface area contributed by atoms with E-state index in [1.54, 1.807) is 6.07 Å². The van der Waals surface area contributed by atoms with Crippen LogP contribution >= 0.6 is 0 Å². The van der Waals surface area contributed by atoms with Gasteiger partial charge in [-0.3, -0.25) is 9.59 Å². The summed E-state index contributed by atoms with van der Waals surface area (Å²) in [6.07, 6.45) is 2.83. The first-order valence-electron chi connectivity index (χ1n) is 16.3. The Balaban J connectivity index is 1.32. The van der Waals surface area contributed by atoms with E-state index in [0.717, 1.165) is 29.5 Å². The van der Waals surface area contributed by atoms with Crippen molar-refractivity contribution in [1.82, 2.24) is 0 Å². The summed E-state index contributed by atoms with van der Waals surface area (Å²) >= 11 is 0. The summed E-state index contributed by atoms with van der Waals surface area (Å²) in [6, 6.07) is 34.3. The van der Waals surface area contributed by atoms with Gasteiger partial charge in [0.25, 0.3) is 0 Å². The molecule has 1 saturated heterocycles. The second-order valence-electron chi connectivity index (χ2n) is 13.2. The van der Waals surface area contributed by atoms with Crippen LogP contribution in [0.2, 0.25) is 0 Å². The van der Waals surface area contributed by atoms with Crippen LogP contribution in [0.3, 0.4) is 0 Å². The topological polar surface area (TPSA) is 63.6 Å². The second-order valence-corrected chi connectivity index (χ2v) is 13.2. The maximum atomic E-state index is 13.9. The number of hydrogen-bond acceptors (Lipinski definition) is 4. The molecule has 4 aromatic carbocycles. The van der Waals surface area contributed by atoms with Crippen LogP contribution in [0.15, 0.2) is 103 Å². The monoisotopic (exact) mass is 602 g/mol. The summed E-state index contributed by atoms with van der Waals surface area (Å²) in [5, 5.41) is 11.7. The Morgan fingerprint density at radius 1 is 0.800 bits per heavy atom. The van der Waals surface area contributed by atoms with Crippen LogP contribution < -0.4 is 0 Å². The summed E-state index contributed by atoms with van der Waals surface area (Å²) in [7, 11) is 0. The molecule has 0 bridgehead atoms. The number of carbonyl (C=O) groups is 2. The molecular weight excluding hydrogens is 556 g/mol. The number of hydrogen-bond donors (Lipinski definition) is 1. The van der Waals surface area contributed by atoms with E-state index in [4.69, 9.17) is 4.74 Å². The lowest BCUT2D eigenvalue weighted by Crippen LogP contribution is -2.31. The van der Waals surface area contributed by atoms with Crippen LogP contribution in [-0.4, -0.2) is 36.0 Å². The zero-order valence-corrected chi connectivity index (χ0v) is 26.9. The summed E-state index contributed by atoms with van der Waals surface area (Å²) in [5.41, 5.74) is 6.58. The lowest BCUT2D eigenvalue weighted by atomic mass is 9.74. The van der Waals surface area contributed by atoms with E-state index in [-0.39, 0.29) is 35.2 Å². The fourth-order valence-electron chi connectivity index (χ4n) is 6.83. The summed E-state index contributed by atoms with van der Waals surface area (Å²) < 4.78 is 5.89. The van der Waals surface area contributed by atoms with Gasteiger partial charge in [0.2, 0.25) is 0 Å². The third kappa shape index (κ3) is 8.45. The van der Waals surface area contributed by atoms with Crippen molar-refractivity contribution >= 4 is 11.6 Å². The van der Waals surface area contributed by atoms with Crippen molar-refractivity contribution in [3.8, 4) is 0 Å². The van der Waals surface area contributed by atoms with Crippen LogP contribution in [-0.2, 0) is 16.6 Å². The van der Waals surface area contributed by atoms with Gasteiger partial charge in [-0.05, 0) is 91.8 Å². The normalized spacial score (nSPS) is 18.3. The van der Waals surface area contributed by atoms with Crippen molar-refractivity contribution in [3.05, 3.63) is 142 Å². The molecule has 1 fully saturated rings. The molecule has 0 radical (unpaired) electrons. The highest BCUT2D eigenvalue weighted by molar-refractivity contribution is 6.02. The lowest BCUT2D eigenvalue weighted by Gasteiger charge is -2.31. The van der Waals surface area contributed by atoms with Gasteiger partial charge in [0.15, 0.2) is 11.6 Å². The quantitative estimate of drug-likeness (QED) is 0.147. The molecule has 1 heterocycles. The van der Waals surface area contributed by atoms with Crippen LogP contribution in [0.5, 0.6) is 0 Å². The molecule has 4 aromatic rings. The molecule has 5 rings (SSSR count). The number of benzene rings is 4. The van der Waals surface area contributed by atoms with Crippen molar-refractivity contribution < 1.29 is 19.4 Å². The molecule has 0 saturated carbocycles. The highest BCUT2D eigenvalue weighted by atomic mass is 16.5. The molecular formula is C41H46O4. The molecule has 4 atom stereocenters. The SMILES string of the molecule is Cc1cc(C(=O)C[C@@H](Cc2ccccc2)[C@H](O)CCC2(c3cccc(C)c3)CCOC2)cc(C(=O)C[C@H](C)c2ccccc2)c1. The van der Waals surface area contributed by atoms with Gasteiger partial charge in [-0.2, -0.15) is 0 Å². The molecule has 1 aliphatic heterocycles. The fourth-order valence-corrected chi connectivity index (χ4v) is 6.83. The molecule has 0 aliphatic carbocycles. The molecule has 4 heteroatoms. The lowest BCUT2D eigenvalue weighted by molar-refractivity contribution is 0.0698. The van der Waals surface area contributed by atoms with E-state index in [2.05, 4.69) is 50.2 Å². The van der Waals surface area contributed by atoms with Crippen molar-refractivity contribution in [2.75, 3.05) is 13.2 Å². The van der Waals surface area contributed by atoms with E-state index in [1.807, 2.05) is 67.6 Å². The molecule has 0 amide bonds. The van der Waals surface area contributed by atoms with E-state index >= 15 is 0 Å². The molecule has 0 spiro atoms. The maximum Gasteiger partial charge on any atom is 0.163 e. The average Bonchev–Trinajstić information content (AvgIpc) is 3.54. The Kier molecular flexibility index (Phi) is 10.8. The molecule has 0 aromatic heterocycles. The third-order valence-corrected chi connectivity index (χ3v) is 9.57. The number of ether oxygens (including phenoxy) is 1. The molecule has 4 nitrogen and oxygen atoms in total. The van der Waals surface area contributed by atoms with Gasteiger partial charge >= 0.3 is 0 Å². The Labute approximate surface area is 268 Å². The Morgan fingerprint density at radius 3 is 2.11 bits per heavy atom. The first kappa shape index (κ1) is 32.5. The van der Waals surface area contributed by atoms with Crippen molar-refractivity contribution in [3.63, 3.8) is 0 Å². The number of carbonyl (C=O) groups excluding carboxylic acids is 2. The van der Waals surface area contributed by atoms with Gasteiger partial charge in [0.1, 0.15) is 0 Å². The van der Waals surface area contributed by atoms with E-state index in [1.165, 1.54) is 11.1 Å². The Morgan fingerprint density at radius 2 is 1.47 bits per heavy atom. The van der Waals surface area contributed by atoms with Crippen LogP contribution in [0, 0.1) is 19.8 Å². The predicted octanol–water partition coefficient (Wildman–Crippen LogP) is 8.61. The largest absolute Gasteiger partial charge is 0.393 e. The molecule has 1 unspecified atom stereocenters. The molecule has 234 valence electrons. The number of aliphatic hydroxyl groups is 1. The Bertz CT molecular complexity index is 1570. The maximum absolute atomic E-state index is 13.9. The van der Waals surface area contributed by atoms with Gasteiger partial charge in [-0.15, -0.1) is 0 Å². The van der Waals surface area contributed by atoms with Crippen molar-refractivity contribution in [1.29, 1.82) is 0 Å². The zero-order chi connectivity index (χ0) is 31.8. The number of ketones is 2. The van der Waals surface area contributed by atoms with E-state index in [0.29, 0.717) is 43.6 Å². The van der Waals surface area contributed by atoms with E-state index in [9.17, 15) is 14.7 Å². The zero-order valence-electron chi connectivity index (χ0n) is 26.9. The summed E-state index contributed by atoms with van der Waals surface area (Å²) in [6.45, 7) is 7.46. The second kappa shape index (κ2) is 14.9. The fraction of sp³-hybridized carbons (Fsp3) is 0.366. The molecule has 1 aliphatic rings. The van der Waals surface area contributed by atoms with Gasteiger partial charge in [-0.25, -0.2) is 0 Å². The highest BCUT2D eigenvalue weighted by Crippen LogP contribution is 2.39. The third-order valence-electron chi connectivity index (χ3n) is 9.57. The number of rotatable bonds is 14. The summed E-state index contributed by atoms with van der Waals surface area (Å²) in [5.74, 6) is -0.182. The Hall–Kier alpha value is -3.86. The standard InChI is InChI=1S/C41H46O4/c1-29-11-10-16-37(23-29)41(19-20-45-28-41)18-17-38(42)36(25-32-12-6-4-7-13-32)27-40(44)35-22-30(2)21-34(26-35)39(43)24-31(3)33-14-8-5-9-15-33/h4-16,21-23,26,31,36,38,42H,17-20,24-25,27-28H2,1-3H3/t31-,36+,38+,41?/m0/s1. The van der Waals surface area contributed by atoms with Gasteiger partial charge in [0.05, 0.1) is 12.7 Å². The van der Waals surface area contributed by atoms with Crippen LogP contribution in [0.25, 0.3) is 0 Å². The smallest absolute Gasteiger partial charge is 0.163 e. The highest BCUT2D eigenvalue weighted by Gasteiger charge is 2.38.